The van der Waals surface area contributed by atoms with Crippen molar-refractivity contribution in [2.24, 2.45) is 5.73 Å². The zero-order valence-electron chi connectivity index (χ0n) is 9.05. The van der Waals surface area contributed by atoms with Crippen LogP contribution in [-0.4, -0.2) is 12.7 Å². The van der Waals surface area contributed by atoms with E-state index in [1.54, 1.807) is 13.8 Å². The summed E-state index contributed by atoms with van der Waals surface area (Å²) in [6, 6.07) is 2.71. The monoisotopic (exact) mass is 215 g/mol. The largest absolute Gasteiger partial charge is 0.377 e. The van der Waals surface area contributed by atoms with Gasteiger partial charge >= 0.3 is 0 Å². The maximum atomic E-state index is 13.4. The first kappa shape index (κ1) is 12.1. The van der Waals surface area contributed by atoms with Crippen LogP contribution in [0, 0.1) is 11.6 Å². The van der Waals surface area contributed by atoms with Gasteiger partial charge in [0.1, 0.15) is 11.6 Å². The third-order valence-corrected chi connectivity index (χ3v) is 2.57. The molecule has 4 heteroatoms. The number of benzene rings is 1. The summed E-state index contributed by atoms with van der Waals surface area (Å²) in [6.07, 6.45) is 0. The molecule has 0 fully saturated rings. The predicted molar refractivity (Wildman–Crippen MR) is 54.4 cm³/mol. The second-order valence-electron chi connectivity index (χ2n) is 3.95. The maximum Gasteiger partial charge on any atom is 0.130 e. The molecule has 0 heterocycles. The number of methoxy groups -OCH3 is 1. The van der Waals surface area contributed by atoms with Crippen molar-refractivity contribution in [3.05, 3.63) is 35.4 Å². The summed E-state index contributed by atoms with van der Waals surface area (Å²) < 4.78 is 31.2. The van der Waals surface area contributed by atoms with Crippen molar-refractivity contribution in [2.45, 2.75) is 25.5 Å². The fourth-order valence-corrected chi connectivity index (χ4v) is 1.26. The fourth-order valence-electron chi connectivity index (χ4n) is 1.26. The Balaban J connectivity index is 3.06. The molecule has 1 atom stereocenters. The highest BCUT2D eigenvalue weighted by molar-refractivity contribution is 5.24. The number of nitrogens with two attached hydrogens (primary N) is 1. The van der Waals surface area contributed by atoms with E-state index in [0.717, 1.165) is 6.07 Å². The normalized spacial score (nSPS) is 14.0. The van der Waals surface area contributed by atoms with E-state index in [9.17, 15) is 8.78 Å². The van der Waals surface area contributed by atoms with Crippen LogP contribution in [0.3, 0.4) is 0 Å². The van der Waals surface area contributed by atoms with E-state index in [1.165, 1.54) is 19.2 Å². The van der Waals surface area contributed by atoms with Gasteiger partial charge in [0.15, 0.2) is 0 Å². The molecule has 2 N–H and O–H groups in total. The Kier molecular flexibility index (Phi) is 3.42. The minimum atomic E-state index is -0.696. The fraction of sp³-hybridized carbons (Fsp3) is 0.455. The number of rotatable bonds is 3. The molecular weight excluding hydrogens is 200 g/mol. The number of hydrogen-bond acceptors (Lipinski definition) is 2. The van der Waals surface area contributed by atoms with Crippen molar-refractivity contribution < 1.29 is 13.5 Å². The van der Waals surface area contributed by atoms with E-state index >= 15 is 0 Å². The Labute approximate surface area is 88.0 Å². The first-order valence-corrected chi connectivity index (χ1v) is 4.64. The lowest BCUT2D eigenvalue weighted by Crippen LogP contribution is -2.37. The van der Waals surface area contributed by atoms with Gasteiger partial charge in [0.25, 0.3) is 0 Å². The van der Waals surface area contributed by atoms with Crippen molar-refractivity contribution in [1.82, 2.24) is 0 Å². The van der Waals surface area contributed by atoms with Gasteiger partial charge in [-0.2, -0.15) is 0 Å². The molecule has 0 saturated carbocycles. The molecule has 0 saturated heterocycles. The highest BCUT2D eigenvalue weighted by Crippen LogP contribution is 2.27. The quantitative estimate of drug-likeness (QED) is 0.840. The van der Waals surface area contributed by atoms with Gasteiger partial charge in [-0.3, -0.25) is 0 Å². The summed E-state index contributed by atoms with van der Waals surface area (Å²) in [5.41, 5.74) is 5.40. The van der Waals surface area contributed by atoms with Crippen LogP contribution >= 0.6 is 0 Å². The summed E-state index contributed by atoms with van der Waals surface area (Å²) in [5, 5.41) is 0. The van der Waals surface area contributed by atoms with Gasteiger partial charge in [-0.25, -0.2) is 8.78 Å². The Hall–Kier alpha value is -1.00. The van der Waals surface area contributed by atoms with Gasteiger partial charge in [-0.1, -0.05) is 6.07 Å². The third-order valence-electron chi connectivity index (χ3n) is 2.57. The second kappa shape index (κ2) is 4.24. The highest BCUT2D eigenvalue weighted by atomic mass is 19.1. The molecule has 0 spiro atoms. The SMILES string of the molecule is COC(C)(C)C(N)c1ccc(F)cc1F. The number of hydrogen-bond donors (Lipinski definition) is 1. The van der Waals surface area contributed by atoms with Gasteiger partial charge in [0, 0.05) is 18.7 Å². The van der Waals surface area contributed by atoms with Gasteiger partial charge in [0.05, 0.1) is 11.6 Å². The Morgan fingerprint density at radius 1 is 1.33 bits per heavy atom. The standard InChI is InChI=1S/C11H15F2NO/c1-11(2,15-3)10(14)8-5-4-7(12)6-9(8)13/h4-6,10H,14H2,1-3H3. The summed E-state index contributed by atoms with van der Waals surface area (Å²) in [5.74, 6) is -1.26. The zero-order chi connectivity index (χ0) is 11.6. The molecule has 0 radical (unpaired) electrons. The first-order valence-electron chi connectivity index (χ1n) is 4.64. The summed E-state index contributed by atoms with van der Waals surface area (Å²) in [4.78, 5) is 0. The molecule has 1 unspecified atom stereocenters. The summed E-state index contributed by atoms with van der Waals surface area (Å²) in [7, 11) is 1.50. The van der Waals surface area contributed by atoms with E-state index in [2.05, 4.69) is 0 Å². The molecule has 15 heavy (non-hydrogen) atoms. The number of ether oxygens (including phenoxy) is 1. The van der Waals surface area contributed by atoms with Crippen molar-refractivity contribution in [2.75, 3.05) is 7.11 Å². The molecule has 84 valence electrons. The molecule has 0 aliphatic carbocycles. The molecule has 1 aromatic carbocycles. The smallest absolute Gasteiger partial charge is 0.130 e. The van der Waals surface area contributed by atoms with Crippen LogP contribution < -0.4 is 5.73 Å². The average molecular weight is 215 g/mol. The summed E-state index contributed by atoms with van der Waals surface area (Å²) >= 11 is 0. The zero-order valence-corrected chi connectivity index (χ0v) is 9.05. The lowest BCUT2D eigenvalue weighted by molar-refractivity contribution is -0.000921. The van der Waals surface area contributed by atoms with E-state index in [4.69, 9.17) is 10.5 Å². The number of halogens is 2. The maximum absolute atomic E-state index is 13.4. The van der Waals surface area contributed by atoms with Crippen LogP contribution in [0.5, 0.6) is 0 Å². The molecule has 1 aromatic rings. The lowest BCUT2D eigenvalue weighted by Gasteiger charge is -2.30. The van der Waals surface area contributed by atoms with Gasteiger partial charge < -0.3 is 10.5 Å². The van der Waals surface area contributed by atoms with E-state index in [1.807, 2.05) is 0 Å². The van der Waals surface area contributed by atoms with Crippen LogP contribution in [0.15, 0.2) is 18.2 Å². The van der Waals surface area contributed by atoms with Crippen molar-refractivity contribution in [1.29, 1.82) is 0 Å². The summed E-state index contributed by atoms with van der Waals surface area (Å²) in [6.45, 7) is 3.50. The topological polar surface area (TPSA) is 35.2 Å². The van der Waals surface area contributed by atoms with E-state index < -0.39 is 23.3 Å². The molecule has 1 rings (SSSR count). The molecular formula is C11H15F2NO. The Morgan fingerprint density at radius 2 is 1.93 bits per heavy atom. The molecule has 0 amide bonds. The third kappa shape index (κ3) is 2.52. The van der Waals surface area contributed by atoms with Crippen LogP contribution in [0.4, 0.5) is 8.78 Å². The second-order valence-corrected chi connectivity index (χ2v) is 3.95. The average Bonchev–Trinajstić information content (AvgIpc) is 2.17. The molecule has 2 nitrogen and oxygen atoms in total. The molecule has 0 bridgehead atoms. The van der Waals surface area contributed by atoms with Gasteiger partial charge in [-0.05, 0) is 19.9 Å². The first-order chi connectivity index (χ1) is 6.88. The molecule has 0 aliphatic rings. The van der Waals surface area contributed by atoms with Crippen LogP contribution in [-0.2, 0) is 4.74 Å². The van der Waals surface area contributed by atoms with E-state index in [-0.39, 0.29) is 5.56 Å². The Morgan fingerprint density at radius 3 is 2.40 bits per heavy atom. The van der Waals surface area contributed by atoms with E-state index in [0.29, 0.717) is 0 Å². The van der Waals surface area contributed by atoms with Crippen LogP contribution in [0.25, 0.3) is 0 Å². The van der Waals surface area contributed by atoms with Crippen molar-refractivity contribution in [3.63, 3.8) is 0 Å². The molecule has 0 aliphatic heterocycles. The van der Waals surface area contributed by atoms with Gasteiger partial charge in [-0.15, -0.1) is 0 Å². The predicted octanol–water partition coefficient (Wildman–Crippen LogP) is 2.39. The van der Waals surface area contributed by atoms with Gasteiger partial charge in [0.2, 0.25) is 0 Å². The van der Waals surface area contributed by atoms with Crippen molar-refractivity contribution in [3.8, 4) is 0 Å². The highest BCUT2D eigenvalue weighted by Gasteiger charge is 2.29. The minimum Gasteiger partial charge on any atom is -0.377 e. The molecule has 0 aromatic heterocycles. The minimum absolute atomic E-state index is 0.253. The van der Waals surface area contributed by atoms with Crippen molar-refractivity contribution >= 4 is 0 Å². The van der Waals surface area contributed by atoms with Crippen LogP contribution in [0.2, 0.25) is 0 Å². The van der Waals surface area contributed by atoms with Crippen LogP contribution in [0.1, 0.15) is 25.5 Å². The Bertz CT molecular complexity index is 352. The lowest BCUT2D eigenvalue weighted by atomic mass is 9.92.